The van der Waals surface area contributed by atoms with E-state index >= 15 is 0 Å². The molecule has 0 aliphatic carbocycles. The highest BCUT2D eigenvalue weighted by Crippen LogP contribution is 2.29. The van der Waals surface area contributed by atoms with E-state index in [1.54, 1.807) is 0 Å². The molecular weight excluding hydrogens is 346 g/mol. The average Bonchev–Trinajstić information content (AvgIpc) is 2.61. The molecule has 5 nitrogen and oxygen atoms in total. The van der Waals surface area contributed by atoms with Gasteiger partial charge in [-0.3, -0.25) is 5.32 Å². The van der Waals surface area contributed by atoms with E-state index in [2.05, 4.69) is 20.3 Å². The minimum atomic E-state index is 0.448. The van der Waals surface area contributed by atoms with Crippen LogP contribution in [-0.4, -0.2) is 19.9 Å². The second kappa shape index (κ2) is 6.69. The fourth-order valence-corrected chi connectivity index (χ4v) is 3.03. The molecule has 0 unspecified atom stereocenters. The quantitative estimate of drug-likeness (QED) is 0.550. The Morgan fingerprint density at radius 3 is 2.19 bits per heavy atom. The van der Waals surface area contributed by atoms with Crippen molar-refractivity contribution < 1.29 is 0 Å². The lowest BCUT2D eigenvalue weighted by molar-refractivity contribution is 1.05. The predicted octanol–water partition coefficient (Wildman–Crippen LogP) is 5.10. The third-order valence-corrected chi connectivity index (χ3v) is 4.15. The molecule has 0 bridgehead atoms. The van der Waals surface area contributed by atoms with Gasteiger partial charge in [0.05, 0.1) is 11.2 Å². The molecule has 0 radical (unpaired) electrons. The van der Waals surface area contributed by atoms with Crippen molar-refractivity contribution in [2.45, 2.75) is 13.8 Å². The van der Waals surface area contributed by atoms with Crippen LogP contribution in [0.3, 0.4) is 0 Å². The third kappa shape index (κ3) is 3.34. The molecular formula is C20H16ClN5. The molecule has 0 amide bonds. The minimum absolute atomic E-state index is 0.448. The van der Waals surface area contributed by atoms with Gasteiger partial charge < -0.3 is 0 Å². The van der Waals surface area contributed by atoms with Gasteiger partial charge in [0, 0.05) is 27.4 Å². The average molecular weight is 362 g/mol. The summed E-state index contributed by atoms with van der Waals surface area (Å²) < 4.78 is 0. The van der Waals surface area contributed by atoms with E-state index in [0.29, 0.717) is 16.9 Å². The van der Waals surface area contributed by atoms with E-state index in [9.17, 15) is 0 Å². The molecule has 2 aromatic carbocycles. The Kier molecular flexibility index (Phi) is 4.22. The second-order valence-electron chi connectivity index (χ2n) is 6.02. The van der Waals surface area contributed by atoms with E-state index in [1.807, 2.05) is 68.4 Å². The highest BCUT2D eigenvalue weighted by Gasteiger charge is 2.11. The second-order valence-corrected chi connectivity index (χ2v) is 6.46. The van der Waals surface area contributed by atoms with E-state index in [0.717, 1.165) is 33.5 Å². The summed E-state index contributed by atoms with van der Waals surface area (Å²) in [5, 5.41) is 4.67. The smallest absolute Gasteiger partial charge is 0.230 e. The maximum absolute atomic E-state index is 6.19. The molecule has 2 heterocycles. The Hall–Kier alpha value is -3.05. The van der Waals surface area contributed by atoms with Gasteiger partial charge in [0.15, 0.2) is 0 Å². The highest BCUT2D eigenvalue weighted by molar-refractivity contribution is 6.31. The third-order valence-electron chi connectivity index (χ3n) is 3.91. The number of fused-ring (bicyclic) bond motifs is 1. The van der Waals surface area contributed by atoms with Gasteiger partial charge in [0.25, 0.3) is 0 Å². The number of nitrogens with one attached hydrogen (secondary N) is 1. The minimum Gasteiger partial charge on any atom is -0.293 e. The van der Waals surface area contributed by atoms with Crippen LogP contribution in [0.25, 0.3) is 22.2 Å². The first-order valence-corrected chi connectivity index (χ1v) is 8.58. The van der Waals surface area contributed by atoms with Gasteiger partial charge in [-0.2, -0.15) is 0 Å². The SMILES string of the molecule is Cc1cc(C)nc(Nc2nc(-c3ccccc3)c3cc(Cl)ccc3n2)n1. The zero-order chi connectivity index (χ0) is 18.1. The maximum Gasteiger partial charge on any atom is 0.230 e. The summed E-state index contributed by atoms with van der Waals surface area (Å²) in [5.74, 6) is 0.929. The first-order chi connectivity index (χ1) is 12.6. The summed E-state index contributed by atoms with van der Waals surface area (Å²) in [6.07, 6.45) is 0. The zero-order valence-corrected chi connectivity index (χ0v) is 15.1. The Morgan fingerprint density at radius 1 is 0.769 bits per heavy atom. The van der Waals surface area contributed by atoms with Crippen molar-refractivity contribution in [1.29, 1.82) is 0 Å². The fraction of sp³-hybridized carbons (Fsp3) is 0.100. The zero-order valence-electron chi connectivity index (χ0n) is 14.4. The number of aryl methyl sites for hydroxylation is 2. The Bertz CT molecular complexity index is 1080. The molecule has 6 heteroatoms. The van der Waals surface area contributed by atoms with Crippen LogP contribution < -0.4 is 5.32 Å². The summed E-state index contributed by atoms with van der Waals surface area (Å²) in [5.41, 5.74) is 4.37. The largest absolute Gasteiger partial charge is 0.293 e. The Balaban J connectivity index is 1.87. The Morgan fingerprint density at radius 2 is 1.46 bits per heavy atom. The van der Waals surface area contributed by atoms with E-state index in [4.69, 9.17) is 16.6 Å². The lowest BCUT2D eigenvalue weighted by atomic mass is 10.1. The van der Waals surface area contributed by atoms with Crippen molar-refractivity contribution in [2.75, 3.05) is 5.32 Å². The number of nitrogens with zero attached hydrogens (tertiary/aromatic N) is 4. The number of benzene rings is 2. The number of hydrogen-bond donors (Lipinski definition) is 1. The molecule has 4 aromatic rings. The van der Waals surface area contributed by atoms with Crippen molar-refractivity contribution in [1.82, 2.24) is 19.9 Å². The van der Waals surface area contributed by atoms with Gasteiger partial charge in [0.2, 0.25) is 11.9 Å². The van der Waals surface area contributed by atoms with Crippen LogP contribution in [0.15, 0.2) is 54.6 Å². The molecule has 1 N–H and O–H groups in total. The van der Waals surface area contributed by atoms with Crippen molar-refractivity contribution >= 4 is 34.4 Å². The normalized spacial score (nSPS) is 10.9. The fourth-order valence-electron chi connectivity index (χ4n) is 2.85. The van der Waals surface area contributed by atoms with Gasteiger partial charge in [-0.25, -0.2) is 19.9 Å². The molecule has 2 aromatic heterocycles. The van der Waals surface area contributed by atoms with Crippen molar-refractivity contribution in [3.8, 4) is 11.3 Å². The van der Waals surface area contributed by atoms with E-state index in [1.165, 1.54) is 0 Å². The standard InChI is InChI=1S/C20H16ClN5/c1-12-10-13(2)23-19(22-12)26-20-24-17-9-8-15(21)11-16(17)18(25-20)14-6-4-3-5-7-14/h3-11H,1-2H3,(H,22,23,24,25,26). The number of rotatable bonds is 3. The molecule has 128 valence electrons. The molecule has 0 saturated carbocycles. The van der Waals surface area contributed by atoms with E-state index < -0.39 is 0 Å². The maximum atomic E-state index is 6.19. The highest BCUT2D eigenvalue weighted by atomic mass is 35.5. The molecule has 0 aliphatic heterocycles. The molecule has 0 fully saturated rings. The number of anilines is 2. The van der Waals surface area contributed by atoms with Gasteiger partial charge in [-0.05, 0) is 38.1 Å². The monoisotopic (exact) mass is 361 g/mol. The molecule has 0 atom stereocenters. The summed E-state index contributed by atoms with van der Waals surface area (Å²) in [6.45, 7) is 3.86. The number of aromatic nitrogens is 4. The van der Waals surface area contributed by atoms with Crippen molar-refractivity contribution in [2.24, 2.45) is 0 Å². The topological polar surface area (TPSA) is 63.6 Å². The first kappa shape index (κ1) is 16.4. The van der Waals surface area contributed by atoms with Gasteiger partial charge >= 0.3 is 0 Å². The molecule has 26 heavy (non-hydrogen) atoms. The van der Waals surface area contributed by atoms with Gasteiger partial charge in [-0.15, -0.1) is 0 Å². The number of halogens is 1. The van der Waals surface area contributed by atoms with Crippen LogP contribution in [0.2, 0.25) is 5.02 Å². The molecule has 4 rings (SSSR count). The van der Waals surface area contributed by atoms with Crippen LogP contribution in [0.5, 0.6) is 0 Å². The summed E-state index contributed by atoms with van der Waals surface area (Å²) in [7, 11) is 0. The summed E-state index contributed by atoms with van der Waals surface area (Å²) in [6, 6.07) is 17.5. The van der Waals surface area contributed by atoms with Crippen LogP contribution >= 0.6 is 11.6 Å². The summed E-state index contributed by atoms with van der Waals surface area (Å²) in [4.78, 5) is 18.1. The molecule has 0 saturated heterocycles. The van der Waals surface area contributed by atoms with Crippen LogP contribution in [0.1, 0.15) is 11.4 Å². The van der Waals surface area contributed by atoms with Gasteiger partial charge in [-0.1, -0.05) is 41.9 Å². The lowest BCUT2D eigenvalue weighted by Gasteiger charge is -2.10. The lowest BCUT2D eigenvalue weighted by Crippen LogP contribution is -2.04. The van der Waals surface area contributed by atoms with Gasteiger partial charge in [0.1, 0.15) is 0 Å². The Labute approximate surface area is 156 Å². The molecule has 0 aliphatic rings. The predicted molar refractivity (Wildman–Crippen MR) is 105 cm³/mol. The summed E-state index contributed by atoms with van der Waals surface area (Å²) >= 11 is 6.19. The van der Waals surface area contributed by atoms with Crippen molar-refractivity contribution in [3.63, 3.8) is 0 Å². The van der Waals surface area contributed by atoms with Crippen molar-refractivity contribution in [3.05, 3.63) is 71.0 Å². The van der Waals surface area contributed by atoms with Crippen LogP contribution in [0, 0.1) is 13.8 Å². The number of hydrogen-bond acceptors (Lipinski definition) is 5. The van der Waals surface area contributed by atoms with Crippen LogP contribution in [0.4, 0.5) is 11.9 Å². The first-order valence-electron chi connectivity index (χ1n) is 8.20. The molecule has 0 spiro atoms. The van der Waals surface area contributed by atoms with Crippen LogP contribution in [-0.2, 0) is 0 Å². The van der Waals surface area contributed by atoms with E-state index in [-0.39, 0.29) is 0 Å².